The fourth-order valence-corrected chi connectivity index (χ4v) is 2.53. The number of hydrogen-bond donors (Lipinski definition) is 1. The van der Waals surface area contributed by atoms with Gasteiger partial charge < -0.3 is 9.84 Å². The number of hydrogen-bond acceptors (Lipinski definition) is 3. The van der Waals surface area contributed by atoms with Crippen LogP contribution >= 0.6 is 0 Å². The highest BCUT2D eigenvalue weighted by Crippen LogP contribution is 2.41. The molecule has 17 heavy (non-hydrogen) atoms. The molecule has 92 valence electrons. The van der Waals surface area contributed by atoms with E-state index in [2.05, 4.69) is 4.98 Å². The van der Waals surface area contributed by atoms with Gasteiger partial charge in [0, 0.05) is 18.2 Å². The van der Waals surface area contributed by atoms with Crippen molar-refractivity contribution in [1.29, 1.82) is 0 Å². The number of carboxylic acid groups (broad SMARTS) is 1. The summed E-state index contributed by atoms with van der Waals surface area (Å²) in [6, 6.07) is 5.49. The van der Waals surface area contributed by atoms with Crippen LogP contribution in [-0.2, 0) is 11.2 Å². The minimum atomic E-state index is -0.695. The van der Waals surface area contributed by atoms with E-state index in [0.717, 1.165) is 31.4 Å². The van der Waals surface area contributed by atoms with Crippen molar-refractivity contribution in [2.45, 2.75) is 32.1 Å². The van der Waals surface area contributed by atoms with Crippen LogP contribution in [0.25, 0.3) is 0 Å². The predicted octanol–water partition coefficient (Wildman–Crippen LogP) is 2.28. The van der Waals surface area contributed by atoms with E-state index in [1.165, 1.54) is 0 Å². The lowest BCUT2D eigenvalue weighted by Crippen LogP contribution is -2.30. The number of aliphatic carboxylic acids is 1. The fourth-order valence-electron chi connectivity index (χ4n) is 2.53. The van der Waals surface area contributed by atoms with Crippen LogP contribution in [0.5, 0.6) is 5.88 Å². The van der Waals surface area contributed by atoms with Gasteiger partial charge in [-0.3, -0.25) is 4.79 Å². The Morgan fingerprint density at radius 3 is 2.76 bits per heavy atom. The molecule has 0 bridgehead atoms. The first-order valence-corrected chi connectivity index (χ1v) is 5.90. The van der Waals surface area contributed by atoms with Crippen LogP contribution < -0.4 is 4.74 Å². The summed E-state index contributed by atoms with van der Waals surface area (Å²) in [5.74, 6) is -0.152. The van der Waals surface area contributed by atoms with Crippen LogP contribution in [0.3, 0.4) is 0 Å². The maximum atomic E-state index is 11.4. The van der Waals surface area contributed by atoms with Crippen LogP contribution in [-0.4, -0.2) is 23.2 Å². The molecule has 0 saturated heterocycles. The maximum absolute atomic E-state index is 11.4. The fraction of sp³-hybridized carbons (Fsp3) is 0.538. The van der Waals surface area contributed by atoms with Gasteiger partial charge in [0.2, 0.25) is 5.88 Å². The summed E-state index contributed by atoms with van der Waals surface area (Å²) in [5, 5.41) is 9.39. The zero-order chi connectivity index (χ0) is 12.3. The third kappa shape index (κ3) is 2.40. The summed E-state index contributed by atoms with van der Waals surface area (Å²) >= 11 is 0. The molecule has 1 aliphatic rings. The van der Waals surface area contributed by atoms with Crippen molar-refractivity contribution in [2.24, 2.45) is 5.41 Å². The number of carbonyl (C=O) groups is 1. The van der Waals surface area contributed by atoms with Crippen LogP contribution in [0, 0.1) is 5.41 Å². The van der Waals surface area contributed by atoms with E-state index in [4.69, 9.17) is 4.74 Å². The minimum absolute atomic E-state index is 0.500. The van der Waals surface area contributed by atoms with E-state index in [-0.39, 0.29) is 0 Å². The highest BCUT2D eigenvalue weighted by Gasteiger charge is 2.41. The summed E-state index contributed by atoms with van der Waals surface area (Å²) in [6.07, 6.45) is 3.99. The second-order valence-corrected chi connectivity index (χ2v) is 4.64. The first-order valence-electron chi connectivity index (χ1n) is 5.90. The summed E-state index contributed by atoms with van der Waals surface area (Å²) in [7, 11) is 1.56. The molecule has 0 amide bonds. The molecule has 1 heterocycles. The van der Waals surface area contributed by atoms with Gasteiger partial charge in [0.25, 0.3) is 0 Å². The number of rotatable bonds is 4. The molecule has 1 aromatic rings. The maximum Gasteiger partial charge on any atom is 0.310 e. The normalized spacial score (nSPS) is 17.9. The lowest BCUT2D eigenvalue weighted by Gasteiger charge is -2.23. The number of pyridine rings is 1. The van der Waals surface area contributed by atoms with Crippen molar-refractivity contribution in [3.8, 4) is 5.88 Å². The second-order valence-electron chi connectivity index (χ2n) is 4.64. The van der Waals surface area contributed by atoms with Crippen LogP contribution in [0.1, 0.15) is 31.4 Å². The quantitative estimate of drug-likeness (QED) is 0.869. The molecular weight excluding hydrogens is 218 g/mol. The van der Waals surface area contributed by atoms with Crippen molar-refractivity contribution >= 4 is 5.97 Å². The summed E-state index contributed by atoms with van der Waals surface area (Å²) in [5.41, 5.74) is 0.188. The van der Waals surface area contributed by atoms with Crippen molar-refractivity contribution in [3.63, 3.8) is 0 Å². The van der Waals surface area contributed by atoms with Gasteiger partial charge in [-0.1, -0.05) is 18.9 Å². The molecule has 0 unspecified atom stereocenters. The zero-order valence-electron chi connectivity index (χ0n) is 9.98. The molecule has 4 nitrogen and oxygen atoms in total. The third-order valence-electron chi connectivity index (χ3n) is 3.52. The van der Waals surface area contributed by atoms with E-state index in [9.17, 15) is 9.90 Å². The van der Waals surface area contributed by atoms with Crippen LogP contribution in [0.2, 0.25) is 0 Å². The first-order chi connectivity index (χ1) is 8.16. The highest BCUT2D eigenvalue weighted by atomic mass is 16.5. The number of ether oxygens (including phenoxy) is 1. The average molecular weight is 235 g/mol. The molecule has 1 N–H and O–H groups in total. The van der Waals surface area contributed by atoms with E-state index in [1.807, 2.05) is 12.1 Å². The molecular formula is C13H17NO3. The van der Waals surface area contributed by atoms with Gasteiger partial charge in [0.15, 0.2) is 0 Å². The average Bonchev–Trinajstić information content (AvgIpc) is 2.79. The standard InChI is InChI=1S/C13H17NO3/c1-17-11-6-4-5-10(14-11)9-13(12(15)16)7-2-3-8-13/h4-6H,2-3,7-9H2,1H3,(H,15,16). The van der Waals surface area contributed by atoms with E-state index in [1.54, 1.807) is 13.2 Å². The summed E-state index contributed by atoms with van der Waals surface area (Å²) in [6.45, 7) is 0. The Bertz CT molecular complexity index is 411. The Kier molecular flexibility index (Phi) is 3.31. The summed E-state index contributed by atoms with van der Waals surface area (Å²) in [4.78, 5) is 15.7. The van der Waals surface area contributed by atoms with E-state index in [0.29, 0.717) is 12.3 Å². The summed E-state index contributed by atoms with van der Waals surface area (Å²) < 4.78 is 5.05. The van der Waals surface area contributed by atoms with Gasteiger partial charge in [-0.05, 0) is 18.9 Å². The Hall–Kier alpha value is -1.58. The second kappa shape index (κ2) is 4.73. The Morgan fingerprint density at radius 1 is 1.47 bits per heavy atom. The van der Waals surface area contributed by atoms with Crippen molar-refractivity contribution in [2.75, 3.05) is 7.11 Å². The Labute approximate surface area is 101 Å². The van der Waals surface area contributed by atoms with Crippen LogP contribution in [0.4, 0.5) is 0 Å². The van der Waals surface area contributed by atoms with Gasteiger partial charge in [-0.2, -0.15) is 0 Å². The highest BCUT2D eigenvalue weighted by molar-refractivity contribution is 5.75. The first kappa shape index (κ1) is 11.9. The number of methoxy groups -OCH3 is 1. The van der Waals surface area contributed by atoms with Crippen molar-refractivity contribution in [3.05, 3.63) is 23.9 Å². The molecule has 1 saturated carbocycles. The molecule has 0 spiro atoms. The number of carboxylic acids is 1. The largest absolute Gasteiger partial charge is 0.481 e. The minimum Gasteiger partial charge on any atom is -0.481 e. The van der Waals surface area contributed by atoms with Gasteiger partial charge in [-0.15, -0.1) is 0 Å². The predicted molar refractivity (Wildman–Crippen MR) is 63.0 cm³/mol. The van der Waals surface area contributed by atoms with Gasteiger partial charge in [0.05, 0.1) is 12.5 Å². The molecule has 2 rings (SSSR count). The number of aromatic nitrogens is 1. The van der Waals surface area contributed by atoms with Gasteiger partial charge >= 0.3 is 5.97 Å². The lowest BCUT2D eigenvalue weighted by atomic mass is 9.81. The van der Waals surface area contributed by atoms with Crippen molar-refractivity contribution in [1.82, 2.24) is 4.98 Å². The van der Waals surface area contributed by atoms with E-state index < -0.39 is 11.4 Å². The van der Waals surface area contributed by atoms with Gasteiger partial charge in [-0.25, -0.2) is 4.98 Å². The molecule has 1 fully saturated rings. The lowest BCUT2D eigenvalue weighted by molar-refractivity contribution is -0.148. The Morgan fingerprint density at radius 2 is 2.18 bits per heavy atom. The molecule has 4 heteroatoms. The molecule has 1 aliphatic carbocycles. The smallest absolute Gasteiger partial charge is 0.310 e. The molecule has 0 aromatic carbocycles. The Balaban J connectivity index is 2.20. The number of nitrogens with zero attached hydrogens (tertiary/aromatic N) is 1. The topological polar surface area (TPSA) is 59.4 Å². The van der Waals surface area contributed by atoms with Crippen molar-refractivity contribution < 1.29 is 14.6 Å². The SMILES string of the molecule is COc1cccc(CC2(C(=O)O)CCCC2)n1. The molecule has 1 aromatic heterocycles. The third-order valence-corrected chi connectivity index (χ3v) is 3.52. The monoisotopic (exact) mass is 235 g/mol. The van der Waals surface area contributed by atoms with Crippen LogP contribution in [0.15, 0.2) is 18.2 Å². The molecule has 0 aliphatic heterocycles. The zero-order valence-corrected chi connectivity index (χ0v) is 9.98. The van der Waals surface area contributed by atoms with Gasteiger partial charge in [0.1, 0.15) is 0 Å². The van der Waals surface area contributed by atoms with E-state index >= 15 is 0 Å². The molecule has 0 atom stereocenters. The molecule has 0 radical (unpaired) electrons.